The lowest BCUT2D eigenvalue weighted by molar-refractivity contribution is 0.122. The molecule has 2 aliphatic rings. The van der Waals surface area contributed by atoms with E-state index in [9.17, 15) is 0 Å². The molecule has 2 aromatic rings. The highest BCUT2D eigenvalue weighted by molar-refractivity contribution is 5.37. The first-order valence-electron chi connectivity index (χ1n) is 9.98. The Kier molecular flexibility index (Phi) is 5.15. The summed E-state index contributed by atoms with van der Waals surface area (Å²) in [7, 11) is 0. The van der Waals surface area contributed by atoms with Gasteiger partial charge in [-0.15, -0.1) is 0 Å². The first kappa shape index (κ1) is 18.4. The van der Waals surface area contributed by atoms with E-state index in [0.29, 0.717) is 6.04 Å². The van der Waals surface area contributed by atoms with Crippen LogP contribution in [-0.4, -0.2) is 36.3 Å². The zero-order valence-electron chi connectivity index (χ0n) is 16.7. The van der Waals surface area contributed by atoms with Gasteiger partial charge < -0.3 is 15.0 Å². The van der Waals surface area contributed by atoms with Crippen molar-refractivity contribution in [3.8, 4) is 0 Å². The largest absolute Gasteiger partial charge is 0.378 e. The lowest BCUT2D eigenvalue weighted by atomic mass is 9.74. The summed E-state index contributed by atoms with van der Waals surface area (Å²) in [5.41, 5.74) is 5.32. The molecular formula is C22H30N4O. The van der Waals surface area contributed by atoms with Crippen LogP contribution < -0.4 is 10.2 Å². The number of nitrogens with zero attached hydrogens (tertiary/aromatic N) is 3. The maximum absolute atomic E-state index is 5.46. The molecule has 1 aliphatic heterocycles. The summed E-state index contributed by atoms with van der Waals surface area (Å²) in [4.78, 5) is 11.9. The second kappa shape index (κ2) is 7.56. The van der Waals surface area contributed by atoms with Crippen molar-refractivity contribution in [2.75, 3.05) is 31.2 Å². The lowest BCUT2D eigenvalue weighted by Gasteiger charge is -2.37. The van der Waals surface area contributed by atoms with E-state index in [2.05, 4.69) is 61.5 Å². The Bertz CT molecular complexity index is 799. The molecule has 5 heteroatoms. The number of benzene rings is 1. The van der Waals surface area contributed by atoms with E-state index in [1.165, 1.54) is 22.4 Å². The Hall–Kier alpha value is -1.98. The van der Waals surface area contributed by atoms with Gasteiger partial charge in [0.05, 0.1) is 18.9 Å². The Labute approximate surface area is 162 Å². The first-order valence-corrected chi connectivity index (χ1v) is 9.98. The SMILES string of the molecule is Cc1cccc(CNC2CC(C)(C)Cc3nc(N4CCOCC4)ncc32)c1. The summed E-state index contributed by atoms with van der Waals surface area (Å²) >= 11 is 0. The van der Waals surface area contributed by atoms with Gasteiger partial charge in [0.1, 0.15) is 0 Å². The maximum Gasteiger partial charge on any atom is 0.225 e. The number of hydrogen-bond acceptors (Lipinski definition) is 5. The molecule has 1 saturated heterocycles. The number of hydrogen-bond donors (Lipinski definition) is 1. The van der Waals surface area contributed by atoms with Crippen LogP contribution in [0.25, 0.3) is 0 Å². The van der Waals surface area contributed by atoms with Crippen LogP contribution >= 0.6 is 0 Å². The molecule has 27 heavy (non-hydrogen) atoms. The molecule has 0 saturated carbocycles. The monoisotopic (exact) mass is 366 g/mol. The second-order valence-corrected chi connectivity index (χ2v) is 8.64. The number of aromatic nitrogens is 2. The number of morpholine rings is 1. The fourth-order valence-electron chi connectivity index (χ4n) is 4.20. The van der Waals surface area contributed by atoms with Gasteiger partial charge in [-0.3, -0.25) is 0 Å². The molecule has 4 rings (SSSR count). The van der Waals surface area contributed by atoms with Gasteiger partial charge >= 0.3 is 0 Å². The molecule has 0 radical (unpaired) electrons. The van der Waals surface area contributed by atoms with Crippen LogP contribution in [0.4, 0.5) is 5.95 Å². The zero-order chi connectivity index (χ0) is 18.9. The summed E-state index contributed by atoms with van der Waals surface area (Å²) in [5.74, 6) is 0.854. The minimum atomic E-state index is 0.230. The summed E-state index contributed by atoms with van der Waals surface area (Å²) in [5, 5.41) is 3.76. The minimum Gasteiger partial charge on any atom is -0.378 e. The number of aryl methyl sites for hydroxylation is 1. The average molecular weight is 367 g/mol. The van der Waals surface area contributed by atoms with E-state index in [1.54, 1.807) is 0 Å². The molecule has 0 amide bonds. The molecule has 2 heterocycles. The first-order chi connectivity index (χ1) is 13.0. The number of rotatable bonds is 4. The van der Waals surface area contributed by atoms with Crippen molar-refractivity contribution >= 4 is 5.95 Å². The smallest absolute Gasteiger partial charge is 0.225 e. The molecule has 1 atom stereocenters. The minimum absolute atomic E-state index is 0.230. The van der Waals surface area contributed by atoms with E-state index < -0.39 is 0 Å². The molecule has 5 nitrogen and oxygen atoms in total. The van der Waals surface area contributed by atoms with Gasteiger partial charge in [-0.2, -0.15) is 0 Å². The molecule has 1 fully saturated rings. The van der Waals surface area contributed by atoms with Crippen LogP contribution in [-0.2, 0) is 17.7 Å². The van der Waals surface area contributed by atoms with Crippen molar-refractivity contribution in [2.45, 2.75) is 46.2 Å². The van der Waals surface area contributed by atoms with Crippen LogP contribution in [0.3, 0.4) is 0 Å². The Morgan fingerprint density at radius 1 is 1.26 bits per heavy atom. The topological polar surface area (TPSA) is 50.3 Å². The molecule has 1 aliphatic carbocycles. The van der Waals surface area contributed by atoms with Gasteiger partial charge in [-0.1, -0.05) is 43.7 Å². The van der Waals surface area contributed by atoms with Gasteiger partial charge in [0, 0.05) is 37.4 Å². The number of fused-ring (bicyclic) bond motifs is 1. The summed E-state index contributed by atoms with van der Waals surface area (Å²) in [6.07, 6.45) is 4.16. The van der Waals surface area contributed by atoms with Crippen molar-refractivity contribution in [1.29, 1.82) is 0 Å². The van der Waals surface area contributed by atoms with Crippen LogP contribution in [0.5, 0.6) is 0 Å². The molecule has 1 aromatic heterocycles. The number of anilines is 1. The predicted octanol–water partition coefficient (Wildman–Crippen LogP) is 3.42. The molecule has 0 spiro atoms. The van der Waals surface area contributed by atoms with Crippen molar-refractivity contribution in [3.05, 3.63) is 52.8 Å². The maximum atomic E-state index is 5.46. The molecular weight excluding hydrogens is 336 g/mol. The average Bonchev–Trinajstić information content (AvgIpc) is 2.65. The Balaban J connectivity index is 1.55. The van der Waals surface area contributed by atoms with Gasteiger partial charge in [-0.25, -0.2) is 9.97 Å². The molecule has 1 aromatic carbocycles. The van der Waals surface area contributed by atoms with Gasteiger partial charge in [-0.05, 0) is 30.7 Å². The highest BCUT2D eigenvalue weighted by atomic mass is 16.5. The fourth-order valence-corrected chi connectivity index (χ4v) is 4.20. The second-order valence-electron chi connectivity index (χ2n) is 8.64. The van der Waals surface area contributed by atoms with E-state index in [0.717, 1.165) is 51.6 Å². The Morgan fingerprint density at radius 3 is 2.85 bits per heavy atom. The molecule has 1 N–H and O–H groups in total. The third-order valence-corrected chi connectivity index (χ3v) is 5.59. The van der Waals surface area contributed by atoms with Crippen molar-refractivity contribution in [2.24, 2.45) is 5.41 Å². The summed E-state index contributed by atoms with van der Waals surface area (Å²) < 4.78 is 5.46. The molecule has 1 unspecified atom stereocenters. The predicted molar refractivity (Wildman–Crippen MR) is 108 cm³/mol. The summed E-state index contributed by atoms with van der Waals surface area (Å²) in [6.45, 7) is 11.0. The van der Waals surface area contributed by atoms with Crippen molar-refractivity contribution in [3.63, 3.8) is 0 Å². The van der Waals surface area contributed by atoms with E-state index >= 15 is 0 Å². The number of ether oxygens (including phenoxy) is 1. The van der Waals surface area contributed by atoms with E-state index in [1.807, 2.05) is 0 Å². The van der Waals surface area contributed by atoms with Crippen LogP contribution in [0.15, 0.2) is 30.5 Å². The molecule has 144 valence electrons. The van der Waals surface area contributed by atoms with Crippen LogP contribution in [0.1, 0.15) is 48.7 Å². The van der Waals surface area contributed by atoms with E-state index in [-0.39, 0.29) is 5.41 Å². The third-order valence-electron chi connectivity index (χ3n) is 5.59. The van der Waals surface area contributed by atoms with Gasteiger partial charge in [0.15, 0.2) is 0 Å². The van der Waals surface area contributed by atoms with Crippen molar-refractivity contribution < 1.29 is 4.74 Å². The zero-order valence-corrected chi connectivity index (χ0v) is 16.7. The number of nitrogens with one attached hydrogen (secondary N) is 1. The quantitative estimate of drug-likeness (QED) is 0.898. The van der Waals surface area contributed by atoms with Crippen LogP contribution in [0.2, 0.25) is 0 Å². The van der Waals surface area contributed by atoms with Gasteiger partial charge in [0.25, 0.3) is 0 Å². The van der Waals surface area contributed by atoms with Crippen molar-refractivity contribution in [1.82, 2.24) is 15.3 Å². The van der Waals surface area contributed by atoms with E-state index in [4.69, 9.17) is 14.7 Å². The molecule has 0 bridgehead atoms. The Morgan fingerprint density at radius 2 is 2.07 bits per heavy atom. The standard InChI is InChI=1S/C22H30N4O/c1-16-5-4-6-17(11-16)14-23-19-12-22(2,3)13-20-18(19)15-24-21(25-20)26-7-9-27-10-8-26/h4-6,11,15,19,23H,7-10,12-14H2,1-3H3. The fraction of sp³-hybridized carbons (Fsp3) is 0.545. The van der Waals surface area contributed by atoms with Gasteiger partial charge in [0.2, 0.25) is 5.95 Å². The third kappa shape index (κ3) is 4.30. The summed E-state index contributed by atoms with van der Waals surface area (Å²) in [6, 6.07) is 9.00. The normalized spacial score (nSPS) is 21.7. The highest BCUT2D eigenvalue weighted by Crippen LogP contribution is 2.40. The van der Waals surface area contributed by atoms with Crippen LogP contribution in [0, 0.1) is 12.3 Å². The highest BCUT2D eigenvalue weighted by Gasteiger charge is 2.34. The lowest BCUT2D eigenvalue weighted by Crippen LogP contribution is -2.39.